The molecule has 1 aromatic carbocycles. The lowest BCUT2D eigenvalue weighted by Crippen LogP contribution is -2.04. The third-order valence-corrected chi connectivity index (χ3v) is 3.35. The van der Waals surface area contributed by atoms with E-state index in [1.54, 1.807) is 0 Å². The molecule has 0 radical (unpaired) electrons. The maximum Gasteiger partial charge on any atom is 0.243 e. The molecule has 110 valence electrons. The average Bonchev–Trinajstić information content (AvgIpc) is 2.52. The second-order valence-electron chi connectivity index (χ2n) is 5.04. The van der Waals surface area contributed by atoms with E-state index < -0.39 is 0 Å². The number of hydrogen-bond donors (Lipinski definition) is 1. The molecule has 1 N–H and O–H groups in total. The quantitative estimate of drug-likeness (QED) is 0.671. The zero-order valence-corrected chi connectivity index (χ0v) is 13.1. The van der Waals surface area contributed by atoms with E-state index in [1.165, 1.54) is 5.56 Å². The fourth-order valence-electron chi connectivity index (χ4n) is 2.08. The molecule has 2 rings (SSSR count). The second kappa shape index (κ2) is 6.97. The van der Waals surface area contributed by atoms with Gasteiger partial charge in [0, 0.05) is 11.4 Å². The van der Waals surface area contributed by atoms with Crippen molar-refractivity contribution < 1.29 is 0 Å². The molecule has 0 saturated heterocycles. The summed E-state index contributed by atoms with van der Waals surface area (Å²) < 4.78 is 0. The topological polar surface area (TPSA) is 50.2 Å². The van der Waals surface area contributed by atoms with Crippen LogP contribution in [0.1, 0.15) is 43.3 Å². The minimum atomic E-state index is 0.554. The van der Waals surface area contributed by atoms with E-state index in [0.717, 1.165) is 35.5 Å². The Morgan fingerprint density at radius 2 is 1.95 bits per heavy atom. The van der Waals surface area contributed by atoms with Gasteiger partial charge in [-0.2, -0.15) is 5.10 Å². The highest BCUT2D eigenvalue weighted by Gasteiger charge is 2.02. The lowest BCUT2D eigenvalue weighted by atomic mass is 10.1. The van der Waals surface area contributed by atoms with Crippen LogP contribution in [0.25, 0.3) is 0 Å². The summed E-state index contributed by atoms with van der Waals surface area (Å²) in [5.41, 5.74) is 8.28. The minimum absolute atomic E-state index is 0.554. The Morgan fingerprint density at radius 3 is 2.67 bits per heavy atom. The van der Waals surface area contributed by atoms with E-state index in [-0.39, 0.29) is 0 Å². The van der Waals surface area contributed by atoms with Crippen molar-refractivity contribution in [1.29, 1.82) is 0 Å². The zero-order valence-electron chi connectivity index (χ0n) is 13.1. The van der Waals surface area contributed by atoms with Gasteiger partial charge in [0.05, 0.1) is 5.71 Å². The fraction of sp³-hybridized carbons (Fsp3) is 0.353. The van der Waals surface area contributed by atoms with Crippen LogP contribution >= 0.6 is 0 Å². The van der Waals surface area contributed by atoms with Gasteiger partial charge in [0.2, 0.25) is 5.95 Å². The highest BCUT2D eigenvalue weighted by atomic mass is 15.4. The number of aryl methyl sites for hydroxylation is 3. The van der Waals surface area contributed by atoms with Crippen LogP contribution in [-0.2, 0) is 12.8 Å². The van der Waals surface area contributed by atoms with Crippen LogP contribution in [0.15, 0.2) is 35.4 Å². The van der Waals surface area contributed by atoms with Crippen LogP contribution in [0.3, 0.4) is 0 Å². The van der Waals surface area contributed by atoms with E-state index in [2.05, 4.69) is 58.6 Å². The SMILES string of the molecule is CCc1cccc(C(C)=NNc2nc(C)cc(CC)n2)c1. The van der Waals surface area contributed by atoms with Gasteiger partial charge in [0.15, 0.2) is 0 Å². The number of nitrogens with one attached hydrogen (secondary N) is 1. The Morgan fingerprint density at radius 1 is 1.14 bits per heavy atom. The summed E-state index contributed by atoms with van der Waals surface area (Å²) in [6.45, 7) is 8.18. The molecule has 4 heteroatoms. The van der Waals surface area contributed by atoms with Crippen molar-refractivity contribution in [3.63, 3.8) is 0 Å². The molecule has 0 aliphatic heterocycles. The number of nitrogens with zero attached hydrogens (tertiary/aromatic N) is 3. The Balaban J connectivity index is 2.18. The van der Waals surface area contributed by atoms with Crippen molar-refractivity contribution in [2.45, 2.75) is 40.5 Å². The Hall–Kier alpha value is -2.23. The Bertz CT molecular complexity index is 647. The smallest absolute Gasteiger partial charge is 0.243 e. The molecule has 0 aliphatic carbocycles. The monoisotopic (exact) mass is 282 g/mol. The van der Waals surface area contributed by atoms with Gasteiger partial charge in [-0.05, 0) is 49.9 Å². The van der Waals surface area contributed by atoms with Crippen molar-refractivity contribution in [3.05, 3.63) is 52.8 Å². The second-order valence-corrected chi connectivity index (χ2v) is 5.04. The normalized spacial score (nSPS) is 11.5. The molecule has 0 saturated carbocycles. The summed E-state index contributed by atoms with van der Waals surface area (Å²) in [5.74, 6) is 0.554. The molecule has 0 spiro atoms. The van der Waals surface area contributed by atoms with E-state index in [9.17, 15) is 0 Å². The van der Waals surface area contributed by atoms with Gasteiger partial charge < -0.3 is 0 Å². The largest absolute Gasteiger partial charge is 0.245 e. The van der Waals surface area contributed by atoms with Crippen molar-refractivity contribution in [2.24, 2.45) is 5.10 Å². The number of rotatable bonds is 5. The van der Waals surface area contributed by atoms with Crippen LogP contribution in [0.4, 0.5) is 5.95 Å². The molecule has 1 aromatic heterocycles. The highest BCUT2D eigenvalue weighted by molar-refractivity contribution is 5.99. The number of hydrazone groups is 1. The number of hydrogen-bond acceptors (Lipinski definition) is 4. The summed E-state index contributed by atoms with van der Waals surface area (Å²) in [5, 5.41) is 4.40. The van der Waals surface area contributed by atoms with Gasteiger partial charge in [-0.15, -0.1) is 0 Å². The van der Waals surface area contributed by atoms with Gasteiger partial charge >= 0.3 is 0 Å². The summed E-state index contributed by atoms with van der Waals surface area (Å²) in [4.78, 5) is 8.77. The zero-order chi connectivity index (χ0) is 15.2. The third kappa shape index (κ3) is 4.12. The van der Waals surface area contributed by atoms with Gasteiger partial charge in [-0.25, -0.2) is 15.4 Å². The maximum absolute atomic E-state index is 4.42. The molecule has 0 aliphatic rings. The first-order chi connectivity index (χ1) is 10.1. The third-order valence-electron chi connectivity index (χ3n) is 3.35. The van der Waals surface area contributed by atoms with Crippen LogP contribution in [0.5, 0.6) is 0 Å². The standard InChI is InChI=1S/C17H22N4/c1-5-14-8-7-9-15(11-14)13(4)20-21-17-18-12(3)10-16(6-2)19-17/h7-11H,5-6H2,1-4H3,(H,18,19,21). The Kier molecular flexibility index (Phi) is 5.04. The van der Waals surface area contributed by atoms with Crippen LogP contribution in [0, 0.1) is 6.92 Å². The van der Waals surface area contributed by atoms with Gasteiger partial charge in [0.1, 0.15) is 0 Å². The van der Waals surface area contributed by atoms with E-state index in [1.807, 2.05) is 19.9 Å². The molecule has 0 fully saturated rings. The van der Waals surface area contributed by atoms with Crippen LogP contribution < -0.4 is 5.43 Å². The lowest BCUT2D eigenvalue weighted by molar-refractivity contribution is 0.969. The molecule has 0 atom stereocenters. The molecule has 0 amide bonds. The van der Waals surface area contributed by atoms with Gasteiger partial charge in [0.25, 0.3) is 0 Å². The van der Waals surface area contributed by atoms with E-state index >= 15 is 0 Å². The number of benzene rings is 1. The minimum Gasteiger partial charge on any atom is -0.245 e. The van der Waals surface area contributed by atoms with Crippen molar-refractivity contribution >= 4 is 11.7 Å². The molecule has 1 heterocycles. The first kappa shape index (κ1) is 15.2. The van der Waals surface area contributed by atoms with Crippen molar-refractivity contribution in [1.82, 2.24) is 9.97 Å². The molecule has 4 nitrogen and oxygen atoms in total. The summed E-state index contributed by atoms with van der Waals surface area (Å²) in [6.07, 6.45) is 1.91. The van der Waals surface area contributed by atoms with Gasteiger partial charge in [-0.1, -0.05) is 32.0 Å². The van der Waals surface area contributed by atoms with E-state index in [0.29, 0.717) is 5.95 Å². The maximum atomic E-state index is 4.42. The summed E-state index contributed by atoms with van der Waals surface area (Å²) in [6, 6.07) is 10.4. The highest BCUT2D eigenvalue weighted by Crippen LogP contribution is 2.09. The molecular weight excluding hydrogens is 260 g/mol. The average molecular weight is 282 g/mol. The molecule has 2 aromatic rings. The first-order valence-electron chi connectivity index (χ1n) is 7.36. The predicted octanol–water partition coefficient (Wildman–Crippen LogP) is 3.75. The van der Waals surface area contributed by atoms with Crippen LogP contribution in [0.2, 0.25) is 0 Å². The number of anilines is 1. The van der Waals surface area contributed by atoms with Crippen molar-refractivity contribution in [3.8, 4) is 0 Å². The summed E-state index contributed by atoms with van der Waals surface area (Å²) >= 11 is 0. The first-order valence-corrected chi connectivity index (χ1v) is 7.36. The van der Waals surface area contributed by atoms with E-state index in [4.69, 9.17) is 0 Å². The fourth-order valence-corrected chi connectivity index (χ4v) is 2.08. The molecule has 0 bridgehead atoms. The molecule has 21 heavy (non-hydrogen) atoms. The molecular formula is C17H22N4. The van der Waals surface area contributed by atoms with Crippen LogP contribution in [-0.4, -0.2) is 15.7 Å². The number of aromatic nitrogens is 2. The lowest BCUT2D eigenvalue weighted by Gasteiger charge is -2.06. The Labute approximate surface area is 126 Å². The summed E-state index contributed by atoms with van der Waals surface area (Å²) in [7, 11) is 0. The van der Waals surface area contributed by atoms with Crippen molar-refractivity contribution in [2.75, 3.05) is 5.43 Å². The molecule has 0 unspecified atom stereocenters. The predicted molar refractivity (Wildman–Crippen MR) is 87.8 cm³/mol. The van der Waals surface area contributed by atoms with Gasteiger partial charge in [-0.3, -0.25) is 0 Å².